The SMILES string of the molecule is Cc1c(Br)cccc1OC=O. The predicted molar refractivity (Wildman–Crippen MR) is 45.6 cm³/mol. The van der Waals surface area contributed by atoms with Crippen molar-refractivity contribution < 1.29 is 9.53 Å². The number of carbonyl (C=O) groups excluding carboxylic acids is 1. The number of hydrogen-bond donors (Lipinski definition) is 0. The summed E-state index contributed by atoms with van der Waals surface area (Å²) in [5.41, 5.74) is 0.930. The second kappa shape index (κ2) is 3.53. The highest BCUT2D eigenvalue weighted by Gasteiger charge is 2.00. The van der Waals surface area contributed by atoms with E-state index in [0.29, 0.717) is 12.2 Å². The molecular formula is C8H7BrO2. The number of carbonyl (C=O) groups is 1. The second-order valence-corrected chi connectivity index (χ2v) is 2.93. The van der Waals surface area contributed by atoms with Gasteiger partial charge < -0.3 is 4.74 Å². The van der Waals surface area contributed by atoms with Crippen molar-refractivity contribution in [2.24, 2.45) is 0 Å². The second-order valence-electron chi connectivity index (χ2n) is 2.08. The minimum atomic E-state index is 0.425. The lowest BCUT2D eigenvalue weighted by Crippen LogP contribution is -1.91. The van der Waals surface area contributed by atoms with Crippen molar-refractivity contribution in [3.05, 3.63) is 28.2 Å². The zero-order valence-corrected chi connectivity index (χ0v) is 7.59. The first-order valence-corrected chi connectivity index (χ1v) is 3.90. The maximum atomic E-state index is 10.0. The van der Waals surface area contributed by atoms with Gasteiger partial charge in [0, 0.05) is 10.0 Å². The molecule has 0 N–H and O–H groups in total. The molecule has 0 aliphatic rings. The number of ether oxygens (including phenoxy) is 1. The van der Waals surface area contributed by atoms with Crippen LogP contribution in [-0.2, 0) is 4.79 Å². The lowest BCUT2D eigenvalue weighted by atomic mass is 10.2. The Kier molecular flexibility index (Phi) is 2.65. The Bertz CT molecular complexity index is 271. The van der Waals surface area contributed by atoms with Crippen molar-refractivity contribution in [2.75, 3.05) is 0 Å². The molecule has 1 aromatic carbocycles. The first-order chi connectivity index (χ1) is 5.25. The van der Waals surface area contributed by atoms with E-state index < -0.39 is 0 Å². The molecule has 0 heterocycles. The molecule has 0 fully saturated rings. The van der Waals surface area contributed by atoms with E-state index in [1.807, 2.05) is 19.1 Å². The third-order valence-electron chi connectivity index (χ3n) is 1.39. The Balaban J connectivity index is 3.05. The zero-order chi connectivity index (χ0) is 8.27. The molecule has 0 radical (unpaired) electrons. The summed E-state index contributed by atoms with van der Waals surface area (Å²) in [7, 11) is 0. The van der Waals surface area contributed by atoms with Crippen molar-refractivity contribution in [2.45, 2.75) is 6.92 Å². The number of benzene rings is 1. The zero-order valence-electron chi connectivity index (χ0n) is 6.00. The molecule has 0 aromatic heterocycles. The summed E-state index contributed by atoms with van der Waals surface area (Å²) in [6.07, 6.45) is 0. The standard InChI is InChI=1S/C8H7BrO2/c1-6-7(9)3-2-4-8(6)11-5-10/h2-5H,1H3. The van der Waals surface area contributed by atoms with Gasteiger partial charge in [0.05, 0.1) is 0 Å². The normalized spacial score (nSPS) is 9.27. The summed E-state index contributed by atoms with van der Waals surface area (Å²) in [5, 5.41) is 0. The molecule has 0 bridgehead atoms. The summed E-state index contributed by atoms with van der Waals surface area (Å²) in [5.74, 6) is 0.592. The molecule has 0 atom stereocenters. The van der Waals surface area contributed by atoms with Gasteiger partial charge in [-0.25, -0.2) is 0 Å². The van der Waals surface area contributed by atoms with Gasteiger partial charge in [-0.1, -0.05) is 22.0 Å². The van der Waals surface area contributed by atoms with Crippen LogP contribution in [0.25, 0.3) is 0 Å². The number of halogens is 1. The Morgan fingerprint density at radius 1 is 1.55 bits per heavy atom. The third kappa shape index (κ3) is 1.80. The molecule has 0 saturated carbocycles. The van der Waals surface area contributed by atoms with Gasteiger partial charge in [-0.2, -0.15) is 0 Å². The lowest BCUT2D eigenvalue weighted by molar-refractivity contribution is -0.120. The Hall–Kier alpha value is -0.830. The summed E-state index contributed by atoms with van der Waals surface area (Å²) in [6, 6.07) is 5.46. The first kappa shape index (κ1) is 8.27. The Morgan fingerprint density at radius 3 is 2.91 bits per heavy atom. The summed E-state index contributed by atoms with van der Waals surface area (Å²) in [4.78, 5) is 10.0. The van der Waals surface area contributed by atoms with E-state index in [4.69, 9.17) is 4.74 Å². The highest BCUT2D eigenvalue weighted by Crippen LogP contribution is 2.24. The predicted octanol–water partition coefficient (Wildman–Crippen LogP) is 2.29. The smallest absolute Gasteiger partial charge is 0.298 e. The van der Waals surface area contributed by atoms with E-state index in [9.17, 15) is 4.79 Å². The van der Waals surface area contributed by atoms with Gasteiger partial charge in [0.25, 0.3) is 6.47 Å². The van der Waals surface area contributed by atoms with Crippen molar-refractivity contribution in [3.63, 3.8) is 0 Å². The fraction of sp³-hybridized carbons (Fsp3) is 0.125. The van der Waals surface area contributed by atoms with E-state index in [2.05, 4.69) is 15.9 Å². The van der Waals surface area contributed by atoms with Gasteiger partial charge in [0.15, 0.2) is 0 Å². The topological polar surface area (TPSA) is 26.3 Å². The van der Waals surface area contributed by atoms with E-state index >= 15 is 0 Å². The molecule has 58 valence electrons. The van der Waals surface area contributed by atoms with Crippen LogP contribution in [0.15, 0.2) is 22.7 Å². The van der Waals surface area contributed by atoms with Crippen molar-refractivity contribution in [1.82, 2.24) is 0 Å². The molecule has 11 heavy (non-hydrogen) atoms. The van der Waals surface area contributed by atoms with Crippen LogP contribution in [0.3, 0.4) is 0 Å². The maximum Gasteiger partial charge on any atom is 0.298 e. The molecule has 0 amide bonds. The fourth-order valence-electron chi connectivity index (χ4n) is 0.767. The van der Waals surface area contributed by atoms with Crippen LogP contribution in [0, 0.1) is 6.92 Å². The monoisotopic (exact) mass is 214 g/mol. The van der Waals surface area contributed by atoms with Crippen LogP contribution >= 0.6 is 15.9 Å². The van der Waals surface area contributed by atoms with E-state index in [-0.39, 0.29) is 0 Å². The van der Waals surface area contributed by atoms with Crippen LogP contribution in [0.2, 0.25) is 0 Å². The maximum absolute atomic E-state index is 10.0. The largest absolute Gasteiger partial charge is 0.428 e. The summed E-state index contributed by atoms with van der Waals surface area (Å²) >= 11 is 3.32. The number of hydrogen-bond acceptors (Lipinski definition) is 2. The molecule has 0 aliphatic heterocycles. The minimum absolute atomic E-state index is 0.425. The van der Waals surface area contributed by atoms with E-state index in [1.165, 1.54) is 0 Å². The van der Waals surface area contributed by atoms with Gasteiger partial charge in [0.2, 0.25) is 0 Å². The highest BCUT2D eigenvalue weighted by atomic mass is 79.9. The Morgan fingerprint density at radius 2 is 2.27 bits per heavy atom. The average molecular weight is 215 g/mol. The molecule has 0 unspecified atom stereocenters. The van der Waals surface area contributed by atoms with E-state index in [0.717, 1.165) is 10.0 Å². The molecule has 0 saturated heterocycles. The average Bonchev–Trinajstić information content (AvgIpc) is 1.99. The molecule has 1 aromatic rings. The molecule has 0 spiro atoms. The lowest BCUT2D eigenvalue weighted by Gasteiger charge is -2.02. The van der Waals surface area contributed by atoms with Gasteiger partial charge in [-0.05, 0) is 19.1 Å². The van der Waals surface area contributed by atoms with Crippen molar-refractivity contribution in [1.29, 1.82) is 0 Å². The van der Waals surface area contributed by atoms with Crippen LogP contribution in [0.1, 0.15) is 5.56 Å². The van der Waals surface area contributed by atoms with Gasteiger partial charge in [-0.15, -0.1) is 0 Å². The van der Waals surface area contributed by atoms with Gasteiger partial charge in [0.1, 0.15) is 5.75 Å². The van der Waals surface area contributed by atoms with Crippen LogP contribution in [0.5, 0.6) is 5.75 Å². The van der Waals surface area contributed by atoms with E-state index in [1.54, 1.807) is 6.07 Å². The van der Waals surface area contributed by atoms with Crippen LogP contribution in [-0.4, -0.2) is 6.47 Å². The molecular weight excluding hydrogens is 208 g/mol. The van der Waals surface area contributed by atoms with Crippen LogP contribution < -0.4 is 4.74 Å². The van der Waals surface area contributed by atoms with Crippen LogP contribution in [0.4, 0.5) is 0 Å². The third-order valence-corrected chi connectivity index (χ3v) is 2.25. The summed E-state index contributed by atoms with van der Waals surface area (Å²) in [6.45, 7) is 2.30. The fourth-order valence-corrected chi connectivity index (χ4v) is 1.12. The molecule has 2 nitrogen and oxygen atoms in total. The van der Waals surface area contributed by atoms with Gasteiger partial charge >= 0.3 is 0 Å². The molecule has 3 heteroatoms. The molecule has 1 rings (SSSR count). The summed E-state index contributed by atoms with van der Waals surface area (Å²) < 4.78 is 5.65. The van der Waals surface area contributed by atoms with Gasteiger partial charge in [-0.3, -0.25) is 4.79 Å². The van der Waals surface area contributed by atoms with Crippen molar-refractivity contribution >= 4 is 22.4 Å². The highest BCUT2D eigenvalue weighted by molar-refractivity contribution is 9.10. The van der Waals surface area contributed by atoms with Crippen molar-refractivity contribution in [3.8, 4) is 5.75 Å². The Labute approximate surface area is 73.3 Å². The first-order valence-electron chi connectivity index (χ1n) is 3.11. The molecule has 0 aliphatic carbocycles. The number of rotatable bonds is 2. The minimum Gasteiger partial charge on any atom is -0.428 e. The quantitative estimate of drug-likeness (QED) is 0.707.